The minimum atomic E-state index is -0.347. The molecule has 6 heteroatoms. The van der Waals surface area contributed by atoms with Crippen LogP contribution in [0.4, 0.5) is 5.69 Å². The van der Waals surface area contributed by atoms with E-state index in [0.717, 1.165) is 35.0 Å². The Morgan fingerprint density at radius 3 is 2.68 bits per heavy atom. The summed E-state index contributed by atoms with van der Waals surface area (Å²) in [4.78, 5) is 15.2. The van der Waals surface area contributed by atoms with Gasteiger partial charge in [-0.1, -0.05) is 0 Å². The van der Waals surface area contributed by atoms with Crippen LogP contribution in [0.2, 0.25) is 0 Å². The molecule has 0 bridgehead atoms. The van der Waals surface area contributed by atoms with Gasteiger partial charge in [-0.2, -0.15) is 0 Å². The van der Waals surface area contributed by atoms with Crippen molar-refractivity contribution in [2.24, 2.45) is 0 Å². The number of nitrogens with zero attached hydrogens (tertiary/aromatic N) is 4. The average molecular weight is 296 g/mol. The van der Waals surface area contributed by atoms with Gasteiger partial charge in [-0.05, 0) is 37.5 Å². The minimum absolute atomic E-state index is 0.119. The molecule has 6 nitrogen and oxygen atoms in total. The maximum absolute atomic E-state index is 11.1. The van der Waals surface area contributed by atoms with Gasteiger partial charge in [-0.3, -0.25) is 10.1 Å². The van der Waals surface area contributed by atoms with Gasteiger partial charge >= 0.3 is 0 Å². The molecule has 0 aliphatic carbocycles. The molecule has 1 aliphatic rings. The molecule has 112 valence electrons. The van der Waals surface area contributed by atoms with Crippen LogP contribution >= 0.6 is 0 Å². The summed E-state index contributed by atoms with van der Waals surface area (Å²) >= 11 is 0. The fraction of sp³-hybridized carbons (Fsp3) is 0.312. The maximum atomic E-state index is 11.1. The molecular weight excluding hydrogens is 280 g/mol. The summed E-state index contributed by atoms with van der Waals surface area (Å²) < 4.78 is 2.13. The van der Waals surface area contributed by atoms with Crippen molar-refractivity contribution in [2.75, 3.05) is 18.1 Å². The number of hydrogen-bond acceptors (Lipinski definition) is 4. The maximum Gasteiger partial charge on any atom is 0.270 e. The zero-order chi connectivity index (χ0) is 15.1. The van der Waals surface area contributed by atoms with Crippen molar-refractivity contribution < 1.29 is 4.92 Å². The van der Waals surface area contributed by atoms with Crippen LogP contribution in [0.1, 0.15) is 19.3 Å². The molecule has 0 spiro atoms. The highest BCUT2D eigenvalue weighted by molar-refractivity contribution is 6.07. The lowest BCUT2D eigenvalue weighted by molar-refractivity contribution is -0.384. The number of fused-ring (bicyclic) bond motifs is 3. The SMILES string of the molecule is O=[N+]([O-])c1ccc2c(c1)c1cccnc1n2N1CCCCC1. The minimum Gasteiger partial charge on any atom is -0.311 e. The molecule has 0 amide bonds. The van der Waals surface area contributed by atoms with Crippen molar-refractivity contribution >= 4 is 27.6 Å². The predicted molar refractivity (Wildman–Crippen MR) is 85.7 cm³/mol. The molecule has 0 unspecified atom stereocenters. The zero-order valence-corrected chi connectivity index (χ0v) is 12.1. The lowest BCUT2D eigenvalue weighted by atomic mass is 10.2. The Kier molecular flexibility index (Phi) is 2.96. The average Bonchev–Trinajstić information content (AvgIpc) is 2.89. The lowest BCUT2D eigenvalue weighted by Crippen LogP contribution is -2.39. The first-order valence-corrected chi connectivity index (χ1v) is 7.54. The van der Waals surface area contributed by atoms with Gasteiger partial charge in [0.25, 0.3) is 5.69 Å². The summed E-state index contributed by atoms with van der Waals surface area (Å²) in [7, 11) is 0. The van der Waals surface area contributed by atoms with E-state index in [1.807, 2.05) is 18.2 Å². The second kappa shape index (κ2) is 4.98. The first-order chi connectivity index (χ1) is 10.8. The highest BCUT2D eigenvalue weighted by Gasteiger charge is 2.20. The highest BCUT2D eigenvalue weighted by atomic mass is 16.6. The number of nitro groups is 1. The van der Waals surface area contributed by atoms with Gasteiger partial charge in [0.1, 0.15) is 0 Å². The molecule has 1 fully saturated rings. The van der Waals surface area contributed by atoms with E-state index >= 15 is 0 Å². The summed E-state index contributed by atoms with van der Waals surface area (Å²) in [5, 5.41) is 15.2. The van der Waals surface area contributed by atoms with E-state index in [1.54, 1.807) is 18.3 Å². The molecule has 0 atom stereocenters. The second-order valence-corrected chi connectivity index (χ2v) is 5.66. The number of pyridine rings is 1. The fourth-order valence-corrected chi connectivity index (χ4v) is 3.29. The summed E-state index contributed by atoms with van der Waals surface area (Å²) in [6, 6.07) is 8.92. The van der Waals surface area contributed by atoms with Gasteiger partial charge in [0.2, 0.25) is 0 Å². The zero-order valence-electron chi connectivity index (χ0n) is 12.1. The molecule has 1 saturated heterocycles. The van der Waals surface area contributed by atoms with Crippen molar-refractivity contribution in [1.82, 2.24) is 9.66 Å². The number of benzene rings is 1. The fourth-order valence-electron chi connectivity index (χ4n) is 3.29. The first-order valence-electron chi connectivity index (χ1n) is 7.54. The molecule has 3 aromatic rings. The van der Waals surface area contributed by atoms with Crippen LogP contribution in [0, 0.1) is 10.1 Å². The number of rotatable bonds is 2. The summed E-state index contributed by atoms with van der Waals surface area (Å²) in [5.74, 6) is 0. The van der Waals surface area contributed by atoms with Gasteiger partial charge in [-0.15, -0.1) is 0 Å². The first kappa shape index (κ1) is 13.1. The Bertz CT molecular complexity index is 865. The lowest BCUT2D eigenvalue weighted by Gasteiger charge is -2.30. The van der Waals surface area contributed by atoms with Crippen LogP contribution in [-0.4, -0.2) is 27.7 Å². The normalized spacial score (nSPS) is 15.5. The van der Waals surface area contributed by atoms with Crippen molar-refractivity contribution in [2.45, 2.75) is 19.3 Å². The number of aromatic nitrogens is 2. The van der Waals surface area contributed by atoms with Crippen molar-refractivity contribution in [3.63, 3.8) is 0 Å². The van der Waals surface area contributed by atoms with E-state index < -0.39 is 0 Å². The van der Waals surface area contributed by atoms with Gasteiger partial charge in [0.05, 0.1) is 10.4 Å². The van der Waals surface area contributed by atoms with Crippen LogP contribution in [0.15, 0.2) is 36.5 Å². The molecule has 4 rings (SSSR count). The number of non-ortho nitro benzene ring substituents is 1. The van der Waals surface area contributed by atoms with E-state index in [4.69, 9.17) is 0 Å². The molecule has 2 aromatic heterocycles. The third-order valence-electron chi connectivity index (χ3n) is 4.31. The molecule has 22 heavy (non-hydrogen) atoms. The Hall–Kier alpha value is -2.63. The standard InChI is InChI=1S/C16H16N4O2/c21-20(22)12-6-7-15-14(11-12)13-5-4-8-17-16(13)19(15)18-9-2-1-3-10-18/h4-8,11H,1-3,9-10H2. The van der Waals surface area contributed by atoms with Crippen LogP contribution < -0.4 is 5.01 Å². The molecular formula is C16H16N4O2. The monoisotopic (exact) mass is 296 g/mol. The molecule has 1 aliphatic heterocycles. The summed E-state index contributed by atoms with van der Waals surface area (Å²) in [6.07, 6.45) is 5.37. The smallest absolute Gasteiger partial charge is 0.270 e. The van der Waals surface area contributed by atoms with Gasteiger partial charge < -0.3 is 5.01 Å². The Balaban J connectivity index is 2.02. The van der Waals surface area contributed by atoms with Crippen molar-refractivity contribution in [3.8, 4) is 0 Å². The number of piperidine rings is 1. The molecule has 0 N–H and O–H groups in total. The third kappa shape index (κ3) is 1.91. The predicted octanol–water partition coefficient (Wildman–Crippen LogP) is 3.22. The third-order valence-corrected chi connectivity index (χ3v) is 4.31. The molecule has 0 radical (unpaired) electrons. The van der Waals surface area contributed by atoms with Gasteiger partial charge in [-0.25, -0.2) is 9.66 Å². The van der Waals surface area contributed by atoms with E-state index in [-0.39, 0.29) is 10.6 Å². The second-order valence-electron chi connectivity index (χ2n) is 5.66. The Morgan fingerprint density at radius 2 is 1.91 bits per heavy atom. The van der Waals surface area contributed by atoms with Crippen LogP contribution in [-0.2, 0) is 0 Å². The Labute approximate surface area is 127 Å². The quantitative estimate of drug-likeness (QED) is 0.538. The van der Waals surface area contributed by atoms with Crippen LogP contribution in [0.25, 0.3) is 21.9 Å². The molecule has 1 aromatic carbocycles. The van der Waals surface area contributed by atoms with Crippen molar-refractivity contribution in [3.05, 3.63) is 46.6 Å². The Morgan fingerprint density at radius 1 is 1.09 bits per heavy atom. The summed E-state index contributed by atoms with van der Waals surface area (Å²) in [5.41, 5.74) is 1.98. The van der Waals surface area contributed by atoms with Gasteiger partial charge in [0.15, 0.2) is 5.65 Å². The largest absolute Gasteiger partial charge is 0.311 e. The van der Waals surface area contributed by atoms with Crippen molar-refractivity contribution in [1.29, 1.82) is 0 Å². The molecule has 3 heterocycles. The van der Waals surface area contributed by atoms with Gasteiger partial charge in [0, 0.05) is 42.2 Å². The molecule has 0 saturated carbocycles. The summed E-state index contributed by atoms with van der Waals surface area (Å²) in [6.45, 7) is 1.99. The van der Waals surface area contributed by atoms with E-state index in [9.17, 15) is 10.1 Å². The van der Waals surface area contributed by atoms with E-state index in [1.165, 1.54) is 19.3 Å². The van der Waals surface area contributed by atoms with E-state index in [0.29, 0.717) is 0 Å². The van der Waals surface area contributed by atoms with Crippen LogP contribution in [0.5, 0.6) is 0 Å². The topological polar surface area (TPSA) is 64.2 Å². The number of hydrogen-bond donors (Lipinski definition) is 0. The highest BCUT2D eigenvalue weighted by Crippen LogP contribution is 2.31. The number of nitro benzene ring substituents is 1. The van der Waals surface area contributed by atoms with E-state index in [2.05, 4.69) is 14.7 Å². The van der Waals surface area contributed by atoms with Crippen LogP contribution in [0.3, 0.4) is 0 Å².